The van der Waals surface area contributed by atoms with E-state index in [-0.39, 0.29) is 18.4 Å². The van der Waals surface area contributed by atoms with Crippen molar-refractivity contribution in [2.45, 2.75) is 19.4 Å². The van der Waals surface area contributed by atoms with Gasteiger partial charge in [0.2, 0.25) is 5.91 Å². The third-order valence-corrected chi connectivity index (χ3v) is 8.01. The van der Waals surface area contributed by atoms with Crippen molar-refractivity contribution in [2.24, 2.45) is 4.99 Å². The number of esters is 1. The number of fused-ring (bicyclic) bond motifs is 1. The number of benzene rings is 4. The van der Waals surface area contributed by atoms with Crippen LogP contribution in [0.3, 0.4) is 0 Å². The molecular formula is C36H34N4O4. The van der Waals surface area contributed by atoms with Crippen molar-refractivity contribution in [1.82, 2.24) is 9.80 Å². The lowest BCUT2D eigenvalue weighted by Crippen LogP contribution is -2.48. The van der Waals surface area contributed by atoms with Gasteiger partial charge in [-0.2, -0.15) is 0 Å². The van der Waals surface area contributed by atoms with Crippen LogP contribution in [-0.2, 0) is 16.1 Å². The number of hydrogen-bond acceptors (Lipinski definition) is 6. The van der Waals surface area contributed by atoms with Gasteiger partial charge < -0.3 is 15.0 Å². The van der Waals surface area contributed by atoms with E-state index in [0.29, 0.717) is 30.1 Å². The molecule has 0 aromatic heterocycles. The van der Waals surface area contributed by atoms with Gasteiger partial charge in [0.1, 0.15) is 5.92 Å². The highest BCUT2D eigenvalue weighted by molar-refractivity contribution is 6.24. The number of nitrogens with one attached hydrogen (secondary N) is 1. The Bertz CT molecular complexity index is 1680. The average molecular weight is 587 g/mol. The van der Waals surface area contributed by atoms with Crippen LogP contribution in [0.4, 0.5) is 11.4 Å². The molecule has 2 aliphatic rings. The van der Waals surface area contributed by atoms with Crippen LogP contribution in [0.1, 0.15) is 50.2 Å². The molecule has 4 aromatic carbocycles. The number of piperazine rings is 1. The van der Waals surface area contributed by atoms with Crippen molar-refractivity contribution in [1.29, 1.82) is 0 Å². The molecule has 8 nitrogen and oxygen atoms in total. The second-order valence-corrected chi connectivity index (χ2v) is 10.9. The van der Waals surface area contributed by atoms with Gasteiger partial charge in [0.25, 0.3) is 5.91 Å². The molecule has 0 aliphatic carbocycles. The Hall–Kier alpha value is -5.08. The first-order chi connectivity index (χ1) is 21.5. The monoisotopic (exact) mass is 586 g/mol. The summed E-state index contributed by atoms with van der Waals surface area (Å²) in [7, 11) is 0. The van der Waals surface area contributed by atoms with Crippen molar-refractivity contribution >= 4 is 34.9 Å². The lowest BCUT2D eigenvalue weighted by Gasteiger charge is -2.34. The van der Waals surface area contributed by atoms with E-state index in [1.165, 1.54) is 0 Å². The molecule has 1 N–H and O–H groups in total. The van der Waals surface area contributed by atoms with Crippen LogP contribution in [0.2, 0.25) is 0 Å². The minimum Gasteiger partial charge on any atom is -0.462 e. The van der Waals surface area contributed by atoms with Gasteiger partial charge in [0.15, 0.2) is 0 Å². The average Bonchev–Trinajstić information content (AvgIpc) is 3.40. The molecule has 8 heteroatoms. The van der Waals surface area contributed by atoms with Gasteiger partial charge >= 0.3 is 5.97 Å². The SMILES string of the molecule is CCOC(=O)c1ccc2c(c1)NC(=O)C2C(=Nc1ccc(CN2CCN(C(=O)c3ccccc3)CC2)cc1)c1ccccc1. The summed E-state index contributed by atoms with van der Waals surface area (Å²) in [6.07, 6.45) is 0. The Balaban J connectivity index is 1.18. The number of nitrogens with zero attached hydrogens (tertiary/aromatic N) is 3. The van der Waals surface area contributed by atoms with Crippen LogP contribution in [0.15, 0.2) is 108 Å². The van der Waals surface area contributed by atoms with Gasteiger partial charge in [-0.15, -0.1) is 0 Å². The first-order valence-electron chi connectivity index (χ1n) is 14.9. The van der Waals surface area contributed by atoms with Gasteiger partial charge in [-0.1, -0.05) is 66.7 Å². The molecule has 2 amide bonds. The largest absolute Gasteiger partial charge is 0.462 e. The van der Waals surface area contributed by atoms with Gasteiger partial charge in [-0.05, 0) is 60.0 Å². The first kappa shape index (κ1) is 29.0. The Kier molecular flexibility index (Phi) is 8.61. The molecule has 1 fully saturated rings. The molecule has 0 radical (unpaired) electrons. The number of amides is 2. The Morgan fingerprint density at radius 2 is 1.48 bits per heavy atom. The topological polar surface area (TPSA) is 91.3 Å². The highest BCUT2D eigenvalue weighted by atomic mass is 16.5. The third kappa shape index (κ3) is 6.31. The van der Waals surface area contributed by atoms with E-state index in [2.05, 4.69) is 22.3 Å². The van der Waals surface area contributed by atoms with Crippen LogP contribution in [-0.4, -0.2) is 66.1 Å². The number of rotatable bonds is 8. The van der Waals surface area contributed by atoms with Crippen molar-refractivity contribution in [2.75, 3.05) is 38.1 Å². The molecule has 4 aromatic rings. The number of carbonyl (C=O) groups excluding carboxylic acids is 3. The smallest absolute Gasteiger partial charge is 0.338 e. The summed E-state index contributed by atoms with van der Waals surface area (Å²) in [6.45, 7) is 5.83. The fourth-order valence-electron chi connectivity index (χ4n) is 5.73. The number of ether oxygens (including phenoxy) is 1. The lowest BCUT2D eigenvalue weighted by molar-refractivity contribution is -0.115. The minimum atomic E-state index is -0.627. The van der Waals surface area contributed by atoms with Gasteiger partial charge in [-0.25, -0.2) is 4.79 Å². The highest BCUT2D eigenvalue weighted by Crippen LogP contribution is 2.37. The lowest BCUT2D eigenvalue weighted by atomic mass is 9.90. The minimum absolute atomic E-state index is 0.0830. The number of aliphatic imine (C=N–C) groups is 1. The van der Waals surface area contributed by atoms with Gasteiger partial charge in [0, 0.05) is 44.0 Å². The predicted molar refractivity (Wildman–Crippen MR) is 170 cm³/mol. The van der Waals surface area contributed by atoms with Crippen molar-refractivity contribution < 1.29 is 19.1 Å². The van der Waals surface area contributed by atoms with Crippen LogP contribution in [0.25, 0.3) is 0 Å². The molecule has 1 unspecified atom stereocenters. The molecule has 0 spiro atoms. The van der Waals surface area contributed by atoms with Crippen LogP contribution in [0.5, 0.6) is 0 Å². The van der Waals surface area contributed by atoms with E-state index >= 15 is 0 Å². The van der Waals surface area contributed by atoms with E-state index in [1.54, 1.807) is 25.1 Å². The molecule has 0 bridgehead atoms. The van der Waals surface area contributed by atoms with E-state index in [1.807, 2.05) is 77.7 Å². The Morgan fingerprint density at radius 3 is 2.14 bits per heavy atom. The second-order valence-electron chi connectivity index (χ2n) is 10.9. The third-order valence-electron chi connectivity index (χ3n) is 8.01. The molecule has 1 saturated heterocycles. The number of anilines is 1. The molecular weight excluding hydrogens is 552 g/mol. The summed E-state index contributed by atoms with van der Waals surface area (Å²) in [6, 6.07) is 32.4. The standard InChI is InChI=1S/C36H34N4O4/c1-2-44-36(43)28-15-18-30-31(23-28)38-34(41)32(30)33(26-9-5-3-6-10-26)37-29-16-13-25(14-17-29)24-39-19-21-40(22-20-39)35(42)27-11-7-4-8-12-27/h3-18,23,32H,2,19-22,24H2,1H3,(H,38,41). The zero-order chi connectivity index (χ0) is 30.5. The first-order valence-corrected chi connectivity index (χ1v) is 14.9. The van der Waals surface area contributed by atoms with Crippen LogP contribution < -0.4 is 5.32 Å². The zero-order valence-corrected chi connectivity index (χ0v) is 24.6. The summed E-state index contributed by atoms with van der Waals surface area (Å²) in [5.74, 6) is -1.16. The summed E-state index contributed by atoms with van der Waals surface area (Å²) < 4.78 is 5.13. The fourth-order valence-corrected chi connectivity index (χ4v) is 5.73. The normalized spacial score (nSPS) is 16.8. The van der Waals surface area contributed by atoms with E-state index in [0.717, 1.165) is 47.6 Å². The van der Waals surface area contributed by atoms with Crippen LogP contribution >= 0.6 is 0 Å². The molecule has 0 saturated carbocycles. The van der Waals surface area contributed by atoms with Gasteiger partial charge in [0.05, 0.1) is 23.6 Å². The maximum absolute atomic E-state index is 13.3. The molecule has 222 valence electrons. The quantitative estimate of drug-likeness (QED) is 0.212. The second kappa shape index (κ2) is 13.1. The zero-order valence-electron chi connectivity index (χ0n) is 24.6. The van der Waals surface area contributed by atoms with Crippen molar-refractivity contribution in [3.8, 4) is 0 Å². The Morgan fingerprint density at radius 1 is 0.818 bits per heavy atom. The predicted octanol–water partition coefficient (Wildman–Crippen LogP) is 5.68. The molecule has 6 rings (SSSR count). The molecule has 2 heterocycles. The van der Waals surface area contributed by atoms with E-state index in [4.69, 9.17) is 9.73 Å². The summed E-state index contributed by atoms with van der Waals surface area (Å²) >= 11 is 0. The molecule has 44 heavy (non-hydrogen) atoms. The molecule has 2 aliphatic heterocycles. The number of hydrogen-bond donors (Lipinski definition) is 1. The van der Waals surface area contributed by atoms with Crippen molar-refractivity contribution in [3.63, 3.8) is 0 Å². The summed E-state index contributed by atoms with van der Waals surface area (Å²) in [5, 5.41) is 2.94. The van der Waals surface area contributed by atoms with Crippen molar-refractivity contribution in [3.05, 3.63) is 131 Å². The van der Waals surface area contributed by atoms with Gasteiger partial charge in [-0.3, -0.25) is 19.5 Å². The number of carbonyl (C=O) groups is 3. The van der Waals surface area contributed by atoms with Crippen LogP contribution in [0, 0.1) is 0 Å². The maximum Gasteiger partial charge on any atom is 0.338 e. The van der Waals surface area contributed by atoms with E-state index < -0.39 is 11.9 Å². The molecule has 1 atom stereocenters. The fraction of sp³-hybridized carbons (Fsp3) is 0.222. The summed E-state index contributed by atoms with van der Waals surface area (Å²) in [4.78, 5) is 47.7. The maximum atomic E-state index is 13.3. The van der Waals surface area contributed by atoms with E-state index in [9.17, 15) is 14.4 Å². The summed E-state index contributed by atoms with van der Waals surface area (Å²) in [5.41, 5.74) is 5.87. The Labute approximate surface area is 257 Å². The highest BCUT2D eigenvalue weighted by Gasteiger charge is 2.36.